The van der Waals surface area contributed by atoms with Crippen molar-refractivity contribution in [3.05, 3.63) is 59.2 Å². The number of carbonyl (C=O) groups excluding carboxylic acids is 2. The molecule has 2 aliphatic heterocycles. The maximum absolute atomic E-state index is 13.1. The van der Waals surface area contributed by atoms with Gasteiger partial charge in [0.2, 0.25) is 5.91 Å². The molecule has 0 aromatic heterocycles. The molecular formula is C20H20N2O4S. The van der Waals surface area contributed by atoms with E-state index in [0.29, 0.717) is 29.4 Å². The number of hydrogen-bond donors (Lipinski definition) is 1. The van der Waals surface area contributed by atoms with Crippen molar-refractivity contribution >= 4 is 23.6 Å². The molecule has 0 spiro atoms. The maximum atomic E-state index is 13.1. The number of nitrogens with one attached hydrogen (secondary N) is 1. The second-order valence-corrected chi connectivity index (χ2v) is 7.50. The summed E-state index contributed by atoms with van der Waals surface area (Å²) >= 11 is 1.60. The summed E-state index contributed by atoms with van der Waals surface area (Å²) in [5.74, 6) is 1.20. The molecular weight excluding hydrogens is 364 g/mol. The molecule has 2 aromatic rings. The van der Waals surface area contributed by atoms with Gasteiger partial charge in [-0.3, -0.25) is 9.59 Å². The Morgan fingerprint density at radius 1 is 1.19 bits per heavy atom. The monoisotopic (exact) mass is 384 g/mol. The van der Waals surface area contributed by atoms with E-state index in [0.717, 1.165) is 11.1 Å². The lowest BCUT2D eigenvalue weighted by Crippen LogP contribution is -2.45. The summed E-state index contributed by atoms with van der Waals surface area (Å²) < 4.78 is 10.7. The molecule has 4 rings (SSSR count). The van der Waals surface area contributed by atoms with Gasteiger partial charge in [0.05, 0.1) is 19.8 Å². The van der Waals surface area contributed by atoms with Gasteiger partial charge in [-0.25, -0.2) is 0 Å². The first kappa shape index (κ1) is 17.7. The molecule has 0 radical (unpaired) electrons. The van der Waals surface area contributed by atoms with Crippen molar-refractivity contribution in [1.29, 1.82) is 0 Å². The Morgan fingerprint density at radius 3 is 2.67 bits per heavy atom. The van der Waals surface area contributed by atoms with Crippen LogP contribution in [0.3, 0.4) is 0 Å². The van der Waals surface area contributed by atoms with Crippen molar-refractivity contribution in [2.45, 2.75) is 18.0 Å². The first-order chi connectivity index (χ1) is 13.2. The predicted octanol–water partition coefficient (Wildman–Crippen LogP) is 2.59. The Labute approximate surface area is 161 Å². The summed E-state index contributed by atoms with van der Waals surface area (Å²) in [6.07, 6.45) is 0. The van der Waals surface area contributed by atoms with E-state index in [1.807, 2.05) is 36.4 Å². The third kappa shape index (κ3) is 2.92. The summed E-state index contributed by atoms with van der Waals surface area (Å²) in [4.78, 5) is 27.5. The first-order valence-electron chi connectivity index (χ1n) is 8.66. The van der Waals surface area contributed by atoms with Gasteiger partial charge in [0.1, 0.15) is 11.4 Å². The van der Waals surface area contributed by atoms with Crippen LogP contribution in [0.1, 0.15) is 26.9 Å². The Morgan fingerprint density at radius 2 is 1.96 bits per heavy atom. The molecule has 0 saturated carbocycles. The van der Waals surface area contributed by atoms with Crippen LogP contribution < -0.4 is 14.8 Å². The van der Waals surface area contributed by atoms with Crippen LogP contribution in [0.25, 0.3) is 0 Å². The zero-order valence-electron chi connectivity index (χ0n) is 15.1. The lowest BCUT2D eigenvalue weighted by molar-refractivity contribution is -0.124. The number of thioether (sulfide) groups is 1. The molecule has 0 bridgehead atoms. The number of nitrogens with zero attached hydrogens (tertiary/aromatic N) is 1. The van der Waals surface area contributed by atoms with E-state index in [9.17, 15) is 9.59 Å². The molecule has 1 fully saturated rings. The third-order valence-electron chi connectivity index (χ3n) is 4.90. The van der Waals surface area contributed by atoms with E-state index < -0.39 is 6.04 Å². The van der Waals surface area contributed by atoms with E-state index in [2.05, 4.69) is 5.32 Å². The Hall–Kier alpha value is -2.67. The van der Waals surface area contributed by atoms with Crippen LogP contribution in [0.4, 0.5) is 0 Å². The zero-order chi connectivity index (χ0) is 19.0. The van der Waals surface area contributed by atoms with Gasteiger partial charge in [0.25, 0.3) is 5.91 Å². The van der Waals surface area contributed by atoms with Crippen LogP contribution in [0.5, 0.6) is 11.5 Å². The highest BCUT2D eigenvalue weighted by atomic mass is 32.2. The minimum absolute atomic E-state index is 0.138. The number of hydrogen-bond acceptors (Lipinski definition) is 5. The number of methoxy groups -OCH3 is 2. The molecule has 27 heavy (non-hydrogen) atoms. The Bertz CT molecular complexity index is 887. The molecule has 7 heteroatoms. The second kappa shape index (κ2) is 7.15. The standard InChI is InChI=1S/C20H20N2O4S/c1-25-15-9-8-13-16(17(15)26-2)19(24)22-14(11-27-20(13)22)18(23)21-10-12-6-4-3-5-7-12/h3-9,14,20H,10-11H2,1-2H3,(H,21,23)/t14-,20-/m1/s1. The van der Waals surface area contributed by atoms with E-state index in [-0.39, 0.29) is 17.2 Å². The number of rotatable bonds is 5. The fraction of sp³-hybridized carbons (Fsp3) is 0.300. The summed E-state index contributed by atoms with van der Waals surface area (Å²) in [6, 6.07) is 12.9. The highest BCUT2D eigenvalue weighted by Gasteiger charge is 2.50. The van der Waals surface area contributed by atoms with Crippen molar-refractivity contribution in [3.8, 4) is 11.5 Å². The van der Waals surface area contributed by atoms with Gasteiger partial charge in [-0.1, -0.05) is 36.4 Å². The lowest BCUT2D eigenvalue weighted by atomic mass is 10.1. The van der Waals surface area contributed by atoms with E-state index in [1.165, 1.54) is 7.11 Å². The third-order valence-corrected chi connectivity index (χ3v) is 6.21. The molecule has 1 saturated heterocycles. The van der Waals surface area contributed by atoms with Crippen molar-refractivity contribution < 1.29 is 19.1 Å². The summed E-state index contributed by atoms with van der Waals surface area (Å²) in [5.41, 5.74) is 2.39. The highest BCUT2D eigenvalue weighted by molar-refractivity contribution is 7.99. The van der Waals surface area contributed by atoms with Gasteiger partial charge in [-0.05, 0) is 11.6 Å². The van der Waals surface area contributed by atoms with Gasteiger partial charge < -0.3 is 19.7 Å². The van der Waals surface area contributed by atoms with Gasteiger partial charge >= 0.3 is 0 Å². The van der Waals surface area contributed by atoms with Gasteiger partial charge in [-0.2, -0.15) is 0 Å². The van der Waals surface area contributed by atoms with Crippen LogP contribution in [-0.4, -0.2) is 42.7 Å². The number of amides is 2. The van der Waals surface area contributed by atoms with Crippen molar-refractivity contribution in [2.24, 2.45) is 0 Å². The molecule has 140 valence electrons. The van der Waals surface area contributed by atoms with Gasteiger partial charge in [-0.15, -0.1) is 11.8 Å². The van der Waals surface area contributed by atoms with Crippen LogP contribution in [0, 0.1) is 0 Å². The normalized spacial score (nSPS) is 20.2. The van der Waals surface area contributed by atoms with E-state index >= 15 is 0 Å². The summed E-state index contributed by atoms with van der Waals surface area (Å²) in [7, 11) is 3.06. The molecule has 2 atom stereocenters. The SMILES string of the molecule is COc1ccc2c(c1OC)C(=O)N1[C@@H](C(=O)NCc3ccccc3)CS[C@H]21. The minimum atomic E-state index is -0.501. The van der Waals surface area contributed by atoms with Crippen molar-refractivity contribution in [2.75, 3.05) is 20.0 Å². The zero-order valence-corrected chi connectivity index (χ0v) is 15.9. The van der Waals surface area contributed by atoms with Crippen LogP contribution >= 0.6 is 11.8 Å². The molecule has 2 aliphatic rings. The number of ether oxygens (including phenoxy) is 2. The summed E-state index contributed by atoms with van der Waals surface area (Å²) in [6.45, 7) is 0.442. The van der Waals surface area contributed by atoms with Gasteiger partial charge in [0.15, 0.2) is 11.5 Å². The molecule has 2 amide bonds. The first-order valence-corrected chi connectivity index (χ1v) is 9.71. The molecule has 1 N–H and O–H groups in total. The van der Waals surface area contributed by atoms with Crippen LogP contribution in [0.2, 0.25) is 0 Å². The average molecular weight is 384 g/mol. The predicted molar refractivity (Wildman–Crippen MR) is 103 cm³/mol. The fourth-order valence-corrected chi connectivity index (χ4v) is 5.05. The fourth-order valence-electron chi connectivity index (χ4n) is 3.60. The Balaban J connectivity index is 1.56. The molecule has 0 unspecified atom stereocenters. The molecule has 2 aromatic carbocycles. The lowest BCUT2D eigenvalue weighted by Gasteiger charge is -2.22. The average Bonchev–Trinajstić information content (AvgIpc) is 3.26. The minimum Gasteiger partial charge on any atom is -0.493 e. The smallest absolute Gasteiger partial charge is 0.260 e. The van der Waals surface area contributed by atoms with Crippen LogP contribution in [0.15, 0.2) is 42.5 Å². The van der Waals surface area contributed by atoms with E-state index in [4.69, 9.17) is 9.47 Å². The Kier molecular flexibility index (Phi) is 4.70. The van der Waals surface area contributed by atoms with Crippen molar-refractivity contribution in [1.82, 2.24) is 10.2 Å². The molecule has 2 heterocycles. The van der Waals surface area contributed by atoms with Crippen molar-refractivity contribution in [3.63, 3.8) is 0 Å². The number of benzene rings is 2. The van der Waals surface area contributed by atoms with Crippen LogP contribution in [-0.2, 0) is 11.3 Å². The molecule has 0 aliphatic carbocycles. The molecule has 6 nitrogen and oxygen atoms in total. The number of carbonyl (C=O) groups is 2. The topological polar surface area (TPSA) is 67.9 Å². The highest BCUT2D eigenvalue weighted by Crippen LogP contribution is 2.52. The van der Waals surface area contributed by atoms with Gasteiger partial charge in [0, 0.05) is 17.9 Å². The second-order valence-electron chi connectivity index (χ2n) is 6.38. The number of fused-ring (bicyclic) bond motifs is 3. The largest absolute Gasteiger partial charge is 0.493 e. The van der Waals surface area contributed by atoms with E-state index in [1.54, 1.807) is 29.8 Å². The summed E-state index contributed by atoms with van der Waals surface area (Å²) in [5, 5.41) is 2.78. The maximum Gasteiger partial charge on any atom is 0.260 e. The quantitative estimate of drug-likeness (QED) is 0.858.